The molecule has 0 radical (unpaired) electrons. The van der Waals surface area contributed by atoms with E-state index in [0.717, 1.165) is 13.1 Å². The summed E-state index contributed by atoms with van der Waals surface area (Å²) in [5.74, 6) is 0.777. The van der Waals surface area contributed by atoms with Crippen molar-refractivity contribution in [1.82, 2.24) is 9.80 Å². The lowest BCUT2D eigenvalue weighted by molar-refractivity contribution is -0.102. The first-order valence-corrected chi connectivity index (χ1v) is 7.26. The Kier molecular flexibility index (Phi) is 3.56. The van der Waals surface area contributed by atoms with Crippen molar-refractivity contribution in [2.24, 2.45) is 0 Å². The van der Waals surface area contributed by atoms with Crippen LogP contribution in [-0.4, -0.2) is 60.1 Å². The van der Waals surface area contributed by atoms with Crippen molar-refractivity contribution in [3.8, 4) is 0 Å². The third-order valence-electron chi connectivity index (χ3n) is 4.30. The molecule has 0 spiro atoms. The van der Waals surface area contributed by atoms with Crippen LogP contribution in [0.1, 0.15) is 30.0 Å². The SMILES string of the molecule is Cc1occc1C(=O)N1CC2COCC(C1)N2C(C)C. The van der Waals surface area contributed by atoms with Crippen molar-refractivity contribution in [1.29, 1.82) is 0 Å². The van der Waals surface area contributed by atoms with Crippen molar-refractivity contribution in [3.63, 3.8) is 0 Å². The molecule has 110 valence electrons. The van der Waals surface area contributed by atoms with Crippen molar-refractivity contribution in [2.45, 2.75) is 38.9 Å². The molecular formula is C15H22N2O3. The lowest BCUT2D eigenvalue weighted by Gasteiger charge is -2.51. The van der Waals surface area contributed by atoms with E-state index in [-0.39, 0.29) is 5.91 Å². The zero-order valence-corrected chi connectivity index (χ0v) is 12.3. The summed E-state index contributed by atoms with van der Waals surface area (Å²) in [5.41, 5.74) is 0.682. The highest BCUT2D eigenvalue weighted by Crippen LogP contribution is 2.25. The maximum atomic E-state index is 12.6. The quantitative estimate of drug-likeness (QED) is 0.823. The predicted octanol–water partition coefficient (Wildman–Crippen LogP) is 1.52. The minimum Gasteiger partial charge on any atom is -0.469 e. The van der Waals surface area contributed by atoms with Crippen LogP contribution in [-0.2, 0) is 4.74 Å². The smallest absolute Gasteiger partial charge is 0.257 e. The van der Waals surface area contributed by atoms with Crippen LogP contribution in [0.15, 0.2) is 16.7 Å². The molecule has 5 heteroatoms. The van der Waals surface area contributed by atoms with Gasteiger partial charge in [0.2, 0.25) is 0 Å². The topological polar surface area (TPSA) is 45.9 Å². The molecule has 2 fully saturated rings. The number of ether oxygens (including phenoxy) is 1. The average Bonchev–Trinajstić information content (AvgIpc) is 2.82. The van der Waals surface area contributed by atoms with Crippen molar-refractivity contribution in [2.75, 3.05) is 26.3 Å². The molecule has 2 unspecified atom stereocenters. The molecule has 2 bridgehead atoms. The summed E-state index contributed by atoms with van der Waals surface area (Å²) in [5, 5.41) is 0. The molecule has 3 heterocycles. The molecule has 1 aromatic rings. The number of hydrogen-bond acceptors (Lipinski definition) is 4. The van der Waals surface area contributed by atoms with Gasteiger partial charge < -0.3 is 14.1 Å². The minimum atomic E-state index is 0.0801. The Morgan fingerprint density at radius 1 is 1.30 bits per heavy atom. The van der Waals surface area contributed by atoms with E-state index < -0.39 is 0 Å². The lowest BCUT2D eigenvalue weighted by Crippen LogP contribution is -2.67. The zero-order valence-electron chi connectivity index (χ0n) is 12.3. The number of piperazine rings is 1. The Morgan fingerprint density at radius 3 is 2.45 bits per heavy atom. The van der Waals surface area contributed by atoms with E-state index in [2.05, 4.69) is 18.7 Å². The molecule has 0 aliphatic carbocycles. The van der Waals surface area contributed by atoms with Gasteiger partial charge in [-0.05, 0) is 26.8 Å². The van der Waals surface area contributed by atoms with Gasteiger partial charge in [-0.2, -0.15) is 0 Å². The first-order valence-electron chi connectivity index (χ1n) is 7.26. The minimum absolute atomic E-state index is 0.0801. The highest BCUT2D eigenvalue weighted by Gasteiger charge is 2.41. The lowest BCUT2D eigenvalue weighted by atomic mass is 10.0. The van der Waals surface area contributed by atoms with E-state index in [4.69, 9.17) is 9.15 Å². The maximum absolute atomic E-state index is 12.6. The van der Waals surface area contributed by atoms with Crippen LogP contribution in [0, 0.1) is 6.92 Å². The summed E-state index contributed by atoms with van der Waals surface area (Å²) in [7, 11) is 0. The molecule has 1 amide bonds. The maximum Gasteiger partial charge on any atom is 0.257 e. The molecule has 2 atom stereocenters. The Balaban J connectivity index is 1.78. The predicted molar refractivity (Wildman–Crippen MR) is 74.7 cm³/mol. The molecule has 3 rings (SSSR count). The Labute approximate surface area is 119 Å². The van der Waals surface area contributed by atoms with Gasteiger partial charge in [-0.25, -0.2) is 0 Å². The summed E-state index contributed by atoms with van der Waals surface area (Å²) in [6.07, 6.45) is 1.58. The molecule has 5 nitrogen and oxygen atoms in total. The van der Waals surface area contributed by atoms with Crippen LogP contribution in [0.5, 0.6) is 0 Å². The summed E-state index contributed by atoms with van der Waals surface area (Å²) in [6.45, 7) is 9.15. The van der Waals surface area contributed by atoms with E-state index in [9.17, 15) is 4.79 Å². The Morgan fingerprint density at radius 2 is 1.95 bits per heavy atom. The van der Waals surface area contributed by atoms with E-state index in [1.807, 2.05) is 11.8 Å². The second kappa shape index (κ2) is 5.22. The number of carbonyl (C=O) groups is 1. The van der Waals surface area contributed by atoms with Crippen LogP contribution in [0.25, 0.3) is 0 Å². The van der Waals surface area contributed by atoms with Crippen molar-refractivity contribution >= 4 is 5.91 Å². The number of rotatable bonds is 2. The van der Waals surface area contributed by atoms with Crippen LogP contribution in [0.2, 0.25) is 0 Å². The zero-order chi connectivity index (χ0) is 14.3. The largest absolute Gasteiger partial charge is 0.469 e. The molecule has 20 heavy (non-hydrogen) atoms. The van der Waals surface area contributed by atoms with Crippen LogP contribution in [0.4, 0.5) is 0 Å². The van der Waals surface area contributed by atoms with Crippen molar-refractivity contribution in [3.05, 3.63) is 23.7 Å². The van der Waals surface area contributed by atoms with Crippen molar-refractivity contribution < 1.29 is 13.9 Å². The Bertz CT molecular complexity index is 483. The van der Waals surface area contributed by atoms with Crippen LogP contribution >= 0.6 is 0 Å². The fraction of sp³-hybridized carbons (Fsp3) is 0.667. The summed E-state index contributed by atoms with van der Waals surface area (Å²) >= 11 is 0. The van der Waals surface area contributed by atoms with Gasteiger partial charge in [0, 0.05) is 19.1 Å². The van der Waals surface area contributed by atoms with Gasteiger partial charge in [0.05, 0.1) is 37.1 Å². The number of morpholine rings is 1. The molecule has 0 N–H and O–H groups in total. The number of fused-ring (bicyclic) bond motifs is 2. The third-order valence-corrected chi connectivity index (χ3v) is 4.30. The molecule has 1 aromatic heterocycles. The number of nitrogens with zero attached hydrogens (tertiary/aromatic N) is 2. The molecule has 0 saturated carbocycles. The fourth-order valence-corrected chi connectivity index (χ4v) is 3.47. The van der Waals surface area contributed by atoms with Gasteiger partial charge in [0.1, 0.15) is 5.76 Å². The van der Waals surface area contributed by atoms with Gasteiger partial charge in [-0.1, -0.05) is 0 Å². The molecule has 2 aliphatic rings. The van der Waals surface area contributed by atoms with Crippen LogP contribution in [0.3, 0.4) is 0 Å². The highest BCUT2D eigenvalue weighted by molar-refractivity contribution is 5.95. The average molecular weight is 278 g/mol. The van der Waals surface area contributed by atoms with Gasteiger partial charge in [-0.15, -0.1) is 0 Å². The van der Waals surface area contributed by atoms with Gasteiger partial charge >= 0.3 is 0 Å². The monoisotopic (exact) mass is 278 g/mol. The molecule has 2 aliphatic heterocycles. The summed E-state index contributed by atoms with van der Waals surface area (Å²) in [6, 6.07) is 2.86. The first kappa shape index (κ1) is 13.6. The van der Waals surface area contributed by atoms with Gasteiger partial charge in [-0.3, -0.25) is 9.69 Å². The molecular weight excluding hydrogens is 256 g/mol. The first-order chi connectivity index (χ1) is 9.58. The Hall–Kier alpha value is -1.33. The normalized spacial score (nSPS) is 27.1. The third kappa shape index (κ3) is 2.25. The fourth-order valence-electron chi connectivity index (χ4n) is 3.47. The highest BCUT2D eigenvalue weighted by atomic mass is 16.5. The van der Waals surface area contributed by atoms with Gasteiger partial charge in [0.25, 0.3) is 5.91 Å². The van der Waals surface area contributed by atoms with Crippen LogP contribution < -0.4 is 0 Å². The van der Waals surface area contributed by atoms with E-state index in [1.54, 1.807) is 12.3 Å². The van der Waals surface area contributed by atoms with E-state index >= 15 is 0 Å². The molecule has 0 aromatic carbocycles. The number of hydrogen-bond donors (Lipinski definition) is 0. The second-order valence-electron chi connectivity index (χ2n) is 5.99. The molecule has 2 saturated heterocycles. The summed E-state index contributed by atoms with van der Waals surface area (Å²) in [4.78, 5) is 17.0. The van der Waals surface area contributed by atoms with E-state index in [1.165, 1.54) is 0 Å². The summed E-state index contributed by atoms with van der Waals surface area (Å²) < 4.78 is 10.9. The number of amides is 1. The second-order valence-corrected chi connectivity index (χ2v) is 5.99. The number of furan rings is 1. The van der Waals surface area contributed by atoms with E-state index in [0.29, 0.717) is 42.7 Å². The standard InChI is InChI=1S/C15H22N2O3/c1-10(2)17-12-6-16(7-13(17)9-19-8-12)15(18)14-4-5-20-11(14)3/h4-5,10,12-13H,6-9H2,1-3H3. The number of aryl methyl sites for hydroxylation is 1. The number of carbonyl (C=O) groups excluding carboxylic acids is 1. The van der Waals surface area contributed by atoms with Gasteiger partial charge in [0.15, 0.2) is 0 Å².